The average molecular weight is 921 g/mol. The summed E-state index contributed by atoms with van der Waals surface area (Å²) in [5.41, 5.74) is -4.35. The summed E-state index contributed by atoms with van der Waals surface area (Å²) in [5, 5.41) is 75.2. The number of hydrogen-bond acceptors (Lipinski definition) is 12. The third kappa shape index (κ3) is 5.38. The second kappa shape index (κ2) is 15.7. The summed E-state index contributed by atoms with van der Waals surface area (Å²) in [7, 11) is 3.60. The summed E-state index contributed by atoms with van der Waals surface area (Å²) >= 11 is 0. The molecule has 0 aromatic carbocycles. The number of aliphatic carboxylic acids is 2. The van der Waals surface area contributed by atoms with E-state index in [1.165, 1.54) is 0 Å². The van der Waals surface area contributed by atoms with Crippen molar-refractivity contribution in [2.24, 2.45) is 84.7 Å². The number of ether oxygens (including phenoxy) is 3. The van der Waals surface area contributed by atoms with Gasteiger partial charge in [0, 0.05) is 43.4 Å². The molecule has 9 aliphatic carbocycles. The van der Waals surface area contributed by atoms with Gasteiger partial charge in [0.05, 0.1) is 29.6 Å². The van der Waals surface area contributed by atoms with Gasteiger partial charge in [-0.2, -0.15) is 0 Å². The number of methoxy groups -OCH3 is 1. The zero-order valence-corrected chi connectivity index (χ0v) is 39.8. The number of allylic oxidation sites excluding steroid dienone is 4. The maximum absolute atomic E-state index is 14.7. The van der Waals surface area contributed by atoms with Crippen molar-refractivity contribution in [3.8, 4) is 0 Å². The van der Waals surface area contributed by atoms with Gasteiger partial charge in [0.25, 0.3) is 0 Å². The van der Waals surface area contributed by atoms with E-state index in [9.17, 15) is 45.0 Å². The van der Waals surface area contributed by atoms with Gasteiger partial charge in [-0.3, -0.25) is 4.79 Å². The lowest BCUT2D eigenvalue weighted by Crippen LogP contribution is -2.83. The molecule has 1 heterocycles. The number of carboxylic acid groups (broad SMARTS) is 2. The molecule has 21 atom stereocenters. The van der Waals surface area contributed by atoms with Crippen LogP contribution in [0.15, 0.2) is 36.0 Å². The average Bonchev–Trinajstić information content (AvgIpc) is 3.26. The number of carboxylic acids is 2. The predicted molar refractivity (Wildman–Crippen MR) is 241 cm³/mol. The normalized spacial score (nSPS) is 53.4. The molecule has 14 nitrogen and oxygen atoms in total. The second-order valence-corrected chi connectivity index (χ2v) is 24.0. The zero-order chi connectivity index (χ0) is 47.2. The van der Waals surface area contributed by atoms with E-state index in [4.69, 9.17) is 14.2 Å². The van der Waals surface area contributed by atoms with Crippen molar-refractivity contribution in [1.82, 2.24) is 10.6 Å². The largest absolute Gasteiger partial charge is 0.481 e. The molecule has 66 heavy (non-hydrogen) atoms. The monoisotopic (exact) mass is 921 g/mol. The number of hydrogen-bond donors (Lipinski definition) is 8. The van der Waals surface area contributed by atoms with E-state index < -0.39 is 87.3 Å². The van der Waals surface area contributed by atoms with E-state index in [1.54, 1.807) is 7.11 Å². The van der Waals surface area contributed by atoms with Crippen molar-refractivity contribution >= 4 is 18.2 Å². The number of carbonyl (C=O) groups excluding carboxylic acids is 1. The van der Waals surface area contributed by atoms with Gasteiger partial charge in [-0.05, 0) is 129 Å². The standard InChI is InChI=1S/C52H76N2O12/c1-45(2)34-11-16-48-14-7-9-30-25-50(44(62)63)32(27-64-6)24-46(3)13-8-15-49(50,43(46)61)35-22-31-21-28(26-54-19-18-53-5)33(47(34,4)51(31,48)17-10-29(12-20-55)52(30,35)48)23-36(45)65-42-39(58)37(56)38(57)40(66-42)41(59)60/h8,10,15,17,20,22,28-34,36-40,42-43,53-54,56-58,61H,7,9,11-14,16,18-19,21,23-27H2,1-6H3,(H,59,60)(H,62,63). The summed E-state index contributed by atoms with van der Waals surface area (Å²) in [6.45, 7) is 11.7. The number of aliphatic hydroxyl groups excluding tert-OH is 4. The first-order valence-corrected chi connectivity index (χ1v) is 25.2. The Bertz CT molecular complexity index is 2080. The number of aldehydes is 1. The Balaban J connectivity index is 1.20. The van der Waals surface area contributed by atoms with E-state index in [2.05, 4.69) is 68.7 Å². The van der Waals surface area contributed by atoms with Gasteiger partial charge in [-0.1, -0.05) is 70.1 Å². The molecule has 1 aliphatic heterocycles. The van der Waals surface area contributed by atoms with Crippen LogP contribution in [0.25, 0.3) is 0 Å². The van der Waals surface area contributed by atoms with E-state index >= 15 is 0 Å². The molecular formula is C52H76N2O12. The Kier molecular flexibility index (Phi) is 11.2. The molecule has 10 aliphatic rings. The number of aliphatic hydroxyl groups is 4. The van der Waals surface area contributed by atoms with Gasteiger partial charge in [0.15, 0.2) is 12.4 Å². The van der Waals surface area contributed by atoms with Crippen LogP contribution < -0.4 is 10.6 Å². The fourth-order valence-corrected chi connectivity index (χ4v) is 20.0. The fraction of sp³-hybridized carbons (Fsp3) is 0.827. The van der Waals surface area contributed by atoms with E-state index in [0.717, 1.165) is 63.5 Å². The Morgan fingerprint density at radius 2 is 1.74 bits per heavy atom. The van der Waals surface area contributed by atoms with Gasteiger partial charge in [-0.15, -0.1) is 0 Å². The molecule has 1 saturated heterocycles. The van der Waals surface area contributed by atoms with Gasteiger partial charge in [0.2, 0.25) is 0 Å². The smallest absolute Gasteiger partial charge is 0.335 e. The van der Waals surface area contributed by atoms with Crippen molar-refractivity contribution in [3.63, 3.8) is 0 Å². The van der Waals surface area contributed by atoms with Gasteiger partial charge < -0.3 is 60.3 Å². The molecule has 4 spiro atoms. The summed E-state index contributed by atoms with van der Waals surface area (Å²) in [6, 6.07) is 0. The molecule has 0 amide bonds. The van der Waals surface area contributed by atoms with Crippen LogP contribution in [0.1, 0.15) is 98.3 Å². The van der Waals surface area contributed by atoms with Crippen LogP contribution in [0.2, 0.25) is 0 Å². The highest BCUT2D eigenvalue weighted by Gasteiger charge is 2.88. The van der Waals surface area contributed by atoms with Crippen LogP contribution in [0.4, 0.5) is 0 Å². The van der Waals surface area contributed by atoms with Gasteiger partial charge in [0.1, 0.15) is 24.6 Å². The predicted octanol–water partition coefficient (Wildman–Crippen LogP) is 4.10. The minimum atomic E-state index is -1.83. The molecule has 14 heteroatoms. The summed E-state index contributed by atoms with van der Waals surface area (Å²) < 4.78 is 18.6. The lowest BCUT2D eigenvalue weighted by atomic mass is 9.17. The number of fused-ring (bicyclic) bond motifs is 1. The molecular weight excluding hydrogens is 845 g/mol. The van der Waals surface area contributed by atoms with Gasteiger partial charge >= 0.3 is 11.9 Å². The summed E-state index contributed by atoms with van der Waals surface area (Å²) in [4.78, 5) is 40.1. The van der Waals surface area contributed by atoms with Crippen LogP contribution in [0.3, 0.4) is 0 Å². The number of nitrogens with one attached hydrogen (secondary N) is 2. The highest BCUT2D eigenvalue weighted by Crippen LogP contribution is 2.91. The van der Waals surface area contributed by atoms with Crippen LogP contribution in [0.5, 0.6) is 0 Å². The van der Waals surface area contributed by atoms with Crippen LogP contribution in [-0.2, 0) is 28.6 Å². The summed E-state index contributed by atoms with van der Waals surface area (Å²) in [6.07, 6.45) is 10.5. The van der Waals surface area contributed by atoms with Crippen molar-refractivity contribution in [2.45, 2.75) is 141 Å². The first-order chi connectivity index (χ1) is 31.3. The van der Waals surface area contributed by atoms with Gasteiger partial charge in [-0.25, -0.2) is 4.79 Å². The fourth-order valence-electron chi connectivity index (χ4n) is 20.0. The van der Waals surface area contributed by atoms with E-state index in [1.807, 2.05) is 7.05 Å². The lowest BCUT2D eigenvalue weighted by Gasteiger charge is -2.86. The molecule has 0 aromatic heterocycles. The second-order valence-electron chi connectivity index (χ2n) is 24.0. The van der Waals surface area contributed by atoms with E-state index in [-0.39, 0.29) is 58.9 Å². The summed E-state index contributed by atoms with van der Waals surface area (Å²) in [5.74, 6) is -2.69. The van der Waals surface area contributed by atoms with Crippen LogP contribution in [0, 0.1) is 84.7 Å². The highest BCUT2D eigenvalue weighted by atomic mass is 16.7. The molecule has 8 N–H and O–H groups in total. The lowest BCUT2D eigenvalue weighted by molar-refractivity contribution is -0.359. The van der Waals surface area contributed by atoms with E-state index in [0.29, 0.717) is 38.6 Å². The Morgan fingerprint density at radius 3 is 2.44 bits per heavy atom. The molecule has 7 fully saturated rings. The van der Waals surface area contributed by atoms with Crippen molar-refractivity contribution in [3.05, 3.63) is 36.0 Å². The molecule has 0 aromatic rings. The SMILES string of the molecule is CNCCNCC1CC2C=C3C45C=CCC(C)(CC(COC)C4(C(=O)O)CC4CCCC67CCC8C(C)(C)C(OC9OC(C(=O)O)C(O)C(O)C9O)CC1C8(C)C26C=CC(CC=O)C347)C5O. The molecule has 366 valence electrons. The third-order valence-electron chi connectivity index (χ3n) is 21.9. The maximum atomic E-state index is 14.7. The zero-order valence-electron chi connectivity index (χ0n) is 39.8. The minimum absolute atomic E-state index is 0.0201. The van der Waals surface area contributed by atoms with Crippen LogP contribution in [-0.4, -0.2) is 132 Å². The minimum Gasteiger partial charge on any atom is -0.481 e. The first-order valence-electron chi connectivity index (χ1n) is 25.2. The highest BCUT2D eigenvalue weighted by molar-refractivity contribution is 5.80. The maximum Gasteiger partial charge on any atom is 0.335 e. The third-order valence-corrected chi connectivity index (χ3v) is 21.9. The van der Waals surface area contributed by atoms with Crippen molar-refractivity contribution in [2.75, 3.05) is 40.4 Å². The van der Waals surface area contributed by atoms with Crippen LogP contribution >= 0.6 is 0 Å². The molecule has 6 saturated carbocycles. The number of carbonyl (C=O) groups is 3. The number of rotatable bonds is 13. The Hall–Kier alpha value is -2.53. The molecule has 10 rings (SSSR count). The van der Waals surface area contributed by atoms with Crippen molar-refractivity contribution in [1.29, 1.82) is 0 Å². The number of likely N-dealkylation sites (N-methyl/N-ethyl adjacent to an activating group) is 1. The first kappa shape index (κ1) is 47.2. The Morgan fingerprint density at radius 1 is 0.970 bits per heavy atom. The topological polar surface area (TPSA) is 224 Å². The van der Waals surface area contributed by atoms with Crippen molar-refractivity contribution < 1.29 is 59.2 Å². The Labute approximate surface area is 389 Å². The molecule has 21 unspecified atom stereocenters. The molecule has 4 bridgehead atoms. The molecule has 0 radical (unpaired) electrons. The quantitative estimate of drug-likeness (QED) is 0.0564.